The maximum atomic E-state index is 11.8. The van der Waals surface area contributed by atoms with Gasteiger partial charge in [-0.15, -0.1) is 0 Å². The number of anilines is 1. The number of nitrogens with one attached hydrogen (secondary N) is 1. The highest BCUT2D eigenvalue weighted by atomic mass is 35.5. The van der Waals surface area contributed by atoms with Crippen molar-refractivity contribution < 1.29 is 10.2 Å². The number of nitrogens with zero attached hydrogens (tertiary/aromatic N) is 2. The van der Waals surface area contributed by atoms with Gasteiger partial charge in [0.25, 0.3) is 5.56 Å². The summed E-state index contributed by atoms with van der Waals surface area (Å²) in [5, 5.41) is 29.2. The highest BCUT2D eigenvalue weighted by Gasteiger charge is 2.12. The summed E-state index contributed by atoms with van der Waals surface area (Å²) >= 11 is 7.44. The fourth-order valence-corrected chi connectivity index (χ4v) is 2.55. The molecule has 0 saturated heterocycles. The zero-order valence-electron chi connectivity index (χ0n) is 10.5. The number of aliphatic hydroxyl groups is 2. The van der Waals surface area contributed by atoms with Crippen LogP contribution in [0.3, 0.4) is 0 Å². The Bertz CT molecular complexity index is 615. The van der Waals surface area contributed by atoms with E-state index in [0.717, 1.165) is 10.2 Å². The van der Waals surface area contributed by atoms with Gasteiger partial charge in [0, 0.05) is 6.54 Å². The Morgan fingerprint density at radius 2 is 2.35 bits per heavy atom. The summed E-state index contributed by atoms with van der Waals surface area (Å²) in [6.45, 7) is 0.130. The molecule has 0 radical (unpaired) electrons. The topological polar surface area (TPSA) is 87.4 Å². The van der Waals surface area contributed by atoms with Crippen LogP contribution in [0.4, 0.5) is 5.69 Å². The zero-order chi connectivity index (χ0) is 14.5. The molecule has 0 saturated carbocycles. The summed E-state index contributed by atoms with van der Waals surface area (Å²) in [6, 6.07) is 1.83. The quantitative estimate of drug-likeness (QED) is 0.743. The van der Waals surface area contributed by atoms with Crippen LogP contribution in [-0.4, -0.2) is 33.1 Å². The van der Waals surface area contributed by atoms with E-state index in [-0.39, 0.29) is 24.7 Å². The lowest BCUT2D eigenvalue weighted by Gasteiger charge is -2.13. The molecule has 2 rings (SSSR count). The van der Waals surface area contributed by atoms with E-state index in [0.29, 0.717) is 5.69 Å². The van der Waals surface area contributed by atoms with Crippen molar-refractivity contribution in [2.24, 2.45) is 0 Å². The number of hydrogen-bond acceptors (Lipinski definition) is 6. The minimum absolute atomic E-state index is 0.00836. The Morgan fingerprint density at radius 1 is 1.55 bits per heavy atom. The minimum Gasteiger partial charge on any atom is -0.394 e. The van der Waals surface area contributed by atoms with Crippen molar-refractivity contribution in [3.05, 3.63) is 44.0 Å². The lowest BCUT2D eigenvalue weighted by Crippen LogP contribution is -2.26. The van der Waals surface area contributed by atoms with Gasteiger partial charge in [-0.05, 0) is 22.4 Å². The van der Waals surface area contributed by atoms with Crippen LogP contribution in [0.25, 0.3) is 0 Å². The molecule has 0 aliphatic heterocycles. The Hall–Kier alpha value is -1.41. The second-order valence-corrected chi connectivity index (χ2v) is 5.24. The molecule has 2 aromatic rings. The molecule has 108 valence electrons. The molecule has 0 spiro atoms. The summed E-state index contributed by atoms with van der Waals surface area (Å²) in [5.74, 6) is 0. The van der Waals surface area contributed by atoms with Gasteiger partial charge in [0.1, 0.15) is 5.02 Å². The van der Waals surface area contributed by atoms with Crippen molar-refractivity contribution in [3.63, 3.8) is 0 Å². The fourth-order valence-electron chi connectivity index (χ4n) is 1.63. The van der Waals surface area contributed by atoms with Crippen LogP contribution in [0.5, 0.6) is 0 Å². The molecule has 1 unspecified atom stereocenters. The van der Waals surface area contributed by atoms with E-state index in [1.165, 1.54) is 17.5 Å². The van der Waals surface area contributed by atoms with E-state index >= 15 is 0 Å². The molecule has 0 aliphatic carbocycles. The molecule has 20 heavy (non-hydrogen) atoms. The van der Waals surface area contributed by atoms with Gasteiger partial charge in [-0.3, -0.25) is 4.79 Å². The van der Waals surface area contributed by atoms with Crippen LogP contribution in [0, 0.1) is 0 Å². The number of hydrogen-bond donors (Lipinski definition) is 3. The molecule has 0 fully saturated rings. The van der Waals surface area contributed by atoms with Gasteiger partial charge in [-0.25, -0.2) is 4.68 Å². The van der Waals surface area contributed by atoms with Crippen molar-refractivity contribution in [2.75, 3.05) is 18.5 Å². The van der Waals surface area contributed by atoms with Gasteiger partial charge in [0.05, 0.1) is 31.1 Å². The van der Waals surface area contributed by atoms with Crippen molar-refractivity contribution in [2.45, 2.75) is 12.6 Å². The molecule has 6 nitrogen and oxygen atoms in total. The van der Waals surface area contributed by atoms with Gasteiger partial charge in [-0.2, -0.15) is 16.4 Å². The Labute approximate surface area is 124 Å². The van der Waals surface area contributed by atoms with Gasteiger partial charge in [0.2, 0.25) is 0 Å². The fraction of sp³-hybridized carbons (Fsp3) is 0.333. The molecule has 0 aromatic carbocycles. The molecule has 0 amide bonds. The number of thiophene rings is 1. The maximum absolute atomic E-state index is 11.8. The Kier molecular flexibility index (Phi) is 5.13. The summed E-state index contributed by atoms with van der Waals surface area (Å²) in [4.78, 5) is 11.8. The first kappa shape index (κ1) is 15.0. The van der Waals surface area contributed by atoms with E-state index in [2.05, 4.69) is 10.4 Å². The Morgan fingerprint density at radius 3 is 3.00 bits per heavy atom. The summed E-state index contributed by atoms with van der Waals surface area (Å²) in [7, 11) is 0. The van der Waals surface area contributed by atoms with Crippen molar-refractivity contribution in [1.82, 2.24) is 9.78 Å². The first-order valence-electron chi connectivity index (χ1n) is 5.94. The molecular weight excluding hydrogens is 302 g/mol. The summed E-state index contributed by atoms with van der Waals surface area (Å²) in [6.07, 6.45) is 0.719. The largest absolute Gasteiger partial charge is 0.394 e. The third-order valence-electron chi connectivity index (χ3n) is 2.71. The van der Waals surface area contributed by atoms with E-state index in [1.54, 1.807) is 0 Å². The van der Waals surface area contributed by atoms with Crippen molar-refractivity contribution in [3.8, 4) is 0 Å². The van der Waals surface area contributed by atoms with Crippen LogP contribution >= 0.6 is 22.9 Å². The van der Waals surface area contributed by atoms with Crippen LogP contribution in [-0.2, 0) is 6.54 Å². The maximum Gasteiger partial charge on any atom is 0.287 e. The summed E-state index contributed by atoms with van der Waals surface area (Å²) in [5.41, 5.74) is 0.691. The zero-order valence-corrected chi connectivity index (χ0v) is 12.1. The third-order valence-corrected chi connectivity index (χ3v) is 3.78. The van der Waals surface area contributed by atoms with Crippen LogP contribution in [0.1, 0.15) is 11.7 Å². The molecular formula is C12H14ClN3O3S. The van der Waals surface area contributed by atoms with Crippen LogP contribution in [0.2, 0.25) is 5.02 Å². The van der Waals surface area contributed by atoms with Gasteiger partial charge in [-0.1, -0.05) is 11.6 Å². The van der Waals surface area contributed by atoms with Gasteiger partial charge in [0.15, 0.2) is 0 Å². The monoisotopic (exact) mass is 315 g/mol. The lowest BCUT2D eigenvalue weighted by atomic mass is 10.2. The molecule has 1 atom stereocenters. The molecule has 2 aromatic heterocycles. The second-order valence-electron chi connectivity index (χ2n) is 4.08. The van der Waals surface area contributed by atoms with Gasteiger partial charge >= 0.3 is 0 Å². The van der Waals surface area contributed by atoms with E-state index in [1.807, 2.05) is 16.8 Å². The summed E-state index contributed by atoms with van der Waals surface area (Å²) < 4.78 is 1.09. The number of aromatic nitrogens is 2. The highest BCUT2D eigenvalue weighted by Crippen LogP contribution is 2.19. The van der Waals surface area contributed by atoms with Crippen LogP contribution in [0.15, 0.2) is 27.8 Å². The van der Waals surface area contributed by atoms with E-state index in [4.69, 9.17) is 16.7 Å². The standard InChI is InChI=1S/C12H14ClN3O3S/c13-11-9(5-15-16(2-3-17)12(11)19)14-6-10(18)8-1-4-20-7-8/h1,4-5,7,10,14,17-18H,2-3,6H2. The number of rotatable bonds is 6. The normalized spacial score (nSPS) is 12.3. The third kappa shape index (κ3) is 3.37. The number of halogens is 1. The predicted octanol–water partition coefficient (Wildman–Crippen LogP) is 1.10. The average Bonchev–Trinajstić information content (AvgIpc) is 2.97. The van der Waals surface area contributed by atoms with E-state index < -0.39 is 11.7 Å². The van der Waals surface area contributed by atoms with Crippen molar-refractivity contribution in [1.29, 1.82) is 0 Å². The second kappa shape index (κ2) is 6.85. The lowest BCUT2D eigenvalue weighted by molar-refractivity contribution is 0.192. The molecule has 0 aliphatic rings. The SMILES string of the molecule is O=c1c(Cl)c(NCC(O)c2ccsc2)cnn1CCO. The molecule has 2 heterocycles. The Balaban J connectivity index is 2.07. The molecule has 8 heteroatoms. The molecule has 3 N–H and O–H groups in total. The van der Waals surface area contributed by atoms with Crippen molar-refractivity contribution >= 4 is 28.6 Å². The predicted molar refractivity (Wildman–Crippen MR) is 78.4 cm³/mol. The average molecular weight is 316 g/mol. The minimum atomic E-state index is -0.683. The highest BCUT2D eigenvalue weighted by molar-refractivity contribution is 7.07. The smallest absolute Gasteiger partial charge is 0.287 e. The first-order chi connectivity index (χ1) is 9.63. The van der Waals surface area contributed by atoms with Gasteiger partial charge < -0.3 is 15.5 Å². The van der Waals surface area contributed by atoms with Crippen LogP contribution < -0.4 is 10.9 Å². The number of aliphatic hydroxyl groups excluding tert-OH is 2. The molecule has 0 bridgehead atoms. The van der Waals surface area contributed by atoms with E-state index in [9.17, 15) is 9.90 Å². The first-order valence-corrected chi connectivity index (χ1v) is 7.26.